The number of rotatable bonds is 4. The molecule has 19 heavy (non-hydrogen) atoms. The number of nitrogens with zero attached hydrogens (tertiary/aromatic N) is 1. The molecule has 4 nitrogen and oxygen atoms in total. The van der Waals surface area contributed by atoms with Gasteiger partial charge in [-0.25, -0.2) is 13.4 Å². The molecular formula is C13H11ClN2O2S. The van der Waals surface area contributed by atoms with E-state index in [9.17, 15) is 8.42 Å². The van der Waals surface area contributed by atoms with Gasteiger partial charge in [0.05, 0.1) is 11.1 Å². The van der Waals surface area contributed by atoms with E-state index in [1.165, 1.54) is 24.4 Å². The average Bonchev–Trinajstić information content (AvgIpc) is 2.37. The van der Waals surface area contributed by atoms with Crippen molar-refractivity contribution in [3.63, 3.8) is 0 Å². The molecule has 0 aliphatic carbocycles. The first-order chi connectivity index (χ1) is 9.05. The molecule has 0 unspecified atom stereocenters. The van der Waals surface area contributed by atoms with E-state index in [1.54, 1.807) is 0 Å². The molecule has 2 aromatic rings. The highest BCUT2D eigenvalue weighted by Crippen LogP contribution is 2.14. The van der Waals surface area contributed by atoms with E-state index in [0.717, 1.165) is 11.0 Å². The number of pyridine rings is 1. The zero-order valence-corrected chi connectivity index (χ0v) is 11.4. The Hall–Kier alpha value is -1.85. The van der Waals surface area contributed by atoms with E-state index < -0.39 is 10.0 Å². The maximum absolute atomic E-state index is 11.8. The molecule has 6 heteroatoms. The lowest BCUT2D eigenvalue weighted by molar-refractivity contribution is 0.609. The first-order valence-corrected chi connectivity index (χ1v) is 7.35. The molecule has 1 N–H and O–H groups in total. The fourth-order valence-corrected chi connectivity index (χ4v) is 2.43. The molecule has 0 atom stereocenters. The smallest absolute Gasteiger partial charge is 0.255 e. The lowest BCUT2D eigenvalue weighted by atomic mass is 10.2. The minimum absolute atomic E-state index is 0.229. The first-order valence-electron chi connectivity index (χ1n) is 5.43. The standard InChI is InChI=1S/C13H11ClN2O2S/c14-13-10-12(6-8-15-13)16-19(17,18)9-7-11-4-2-1-3-5-11/h1-10H,(H,15,16)/b9-7+. The molecular weight excluding hydrogens is 284 g/mol. The van der Waals surface area contributed by atoms with Gasteiger partial charge in [-0.2, -0.15) is 0 Å². The minimum Gasteiger partial charge on any atom is -0.280 e. The highest BCUT2D eigenvalue weighted by Gasteiger charge is 2.05. The summed E-state index contributed by atoms with van der Waals surface area (Å²) >= 11 is 5.68. The summed E-state index contributed by atoms with van der Waals surface area (Å²) in [7, 11) is -3.57. The fraction of sp³-hybridized carbons (Fsp3) is 0. The van der Waals surface area contributed by atoms with Gasteiger partial charge in [-0.15, -0.1) is 0 Å². The Bertz CT molecular complexity index is 685. The zero-order valence-electron chi connectivity index (χ0n) is 9.82. The van der Waals surface area contributed by atoms with Crippen LogP contribution < -0.4 is 4.72 Å². The number of nitrogens with one attached hydrogen (secondary N) is 1. The van der Waals surface area contributed by atoms with Crippen LogP contribution in [-0.2, 0) is 10.0 Å². The van der Waals surface area contributed by atoms with Crippen LogP contribution in [0, 0.1) is 0 Å². The Labute approximate surface area is 116 Å². The predicted octanol–water partition coefficient (Wildman–Crippen LogP) is 3.15. The second-order valence-corrected chi connectivity index (χ2v) is 5.68. The Balaban J connectivity index is 2.13. The van der Waals surface area contributed by atoms with Crippen LogP contribution in [-0.4, -0.2) is 13.4 Å². The van der Waals surface area contributed by atoms with Crippen LogP contribution in [0.25, 0.3) is 6.08 Å². The van der Waals surface area contributed by atoms with Crippen molar-refractivity contribution >= 4 is 33.4 Å². The maximum Gasteiger partial charge on any atom is 0.255 e. The van der Waals surface area contributed by atoms with E-state index in [0.29, 0.717) is 5.69 Å². The van der Waals surface area contributed by atoms with Gasteiger partial charge in [0, 0.05) is 6.20 Å². The summed E-state index contributed by atoms with van der Waals surface area (Å²) in [5, 5.41) is 1.34. The van der Waals surface area contributed by atoms with Gasteiger partial charge in [0.25, 0.3) is 10.0 Å². The monoisotopic (exact) mass is 294 g/mol. The second-order valence-electron chi connectivity index (χ2n) is 3.73. The zero-order chi connectivity index (χ0) is 13.7. The number of halogens is 1. The van der Waals surface area contributed by atoms with Gasteiger partial charge >= 0.3 is 0 Å². The molecule has 1 aromatic heterocycles. The third-order valence-electron chi connectivity index (χ3n) is 2.23. The van der Waals surface area contributed by atoms with Crippen molar-refractivity contribution in [3.8, 4) is 0 Å². The number of benzene rings is 1. The predicted molar refractivity (Wildman–Crippen MR) is 77.3 cm³/mol. The topological polar surface area (TPSA) is 59.1 Å². The molecule has 2 rings (SSSR count). The summed E-state index contributed by atoms with van der Waals surface area (Å²) in [6, 6.07) is 12.1. The van der Waals surface area contributed by atoms with Crippen LogP contribution in [0.15, 0.2) is 54.1 Å². The van der Waals surface area contributed by atoms with Crippen LogP contribution in [0.1, 0.15) is 5.56 Å². The number of aromatic nitrogens is 1. The number of sulfonamides is 1. The van der Waals surface area contributed by atoms with Crippen LogP contribution in [0.3, 0.4) is 0 Å². The van der Waals surface area contributed by atoms with Gasteiger partial charge in [-0.3, -0.25) is 4.72 Å². The molecule has 0 aliphatic rings. The SMILES string of the molecule is O=S(=O)(/C=C/c1ccccc1)Nc1ccnc(Cl)c1. The molecule has 0 fully saturated rings. The molecule has 1 aromatic carbocycles. The number of hydrogen-bond acceptors (Lipinski definition) is 3. The van der Waals surface area contributed by atoms with Crippen LogP contribution in [0.2, 0.25) is 5.15 Å². The van der Waals surface area contributed by atoms with E-state index in [4.69, 9.17) is 11.6 Å². The third-order valence-corrected chi connectivity index (χ3v) is 3.45. The highest BCUT2D eigenvalue weighted by atomic mass is 35.5. The summed E-state index contributed by atoms with van der Waals surface area (Å²) < 4.78 is 26.0. The Morgan fingerprint density at radius 2 is 1.89 bits per heavy atom. The maximum atomic E-state index is 11.8. The van der Waals surface area contributed by atoms with Gasteiger partial charge in [0.15, 0.2) is 0 Å². The summed E-state index contributed by atoms with van der Waals surface area (Å²) in [5.74, 6) is 0. The normalized spacial score (nSPS) is 11.6. The van der Waals surface area contributed by atoms with Crippen molar-refractivity contribution in [1.82, 2.24) is 4.98 Å². The minimum atomic E-state index is -3.57. The van der Waals surface area contributed by atoms with Crippen molar-refractivity contribution < 1.29 is 8.42 Å². The van der Waals surface area contributed by atoms with Crippen molar-refractivity contribution in [2.75, 3.05) is 4.72 Å². The fourth-order valence-electron chi connectivity index (χ4n) is 1.40. The molecule has 0 aliphatic heterocycles. The van der Waals surface area contributed by atoms with Crippen molar-refractivity contribution in [1.29, 1.82) is 0 Å². The van der Waals surface area contributed by atoms with E-state index >= 15 is 0 Å². The van der Waals surface area contributed by atoms with E-state index in [-0.39, 0.29) is 5.15 Å². The summed E-state index contributed by atoms with van der Waals surface area (Å²) in [4.78, 5) is 3.78. The average molecular weight is 295 g/mol. The van der Waals surface area contributed by atoms with Gasteiger partial charge in [-0.05, 0) is 23.8 Å². The second kappa shape index (κ2) is 5.86. The quantitative estimate of drug-likeness (QED) is 0.881. The first kappa shape index (κ1) is 13.6. The van der Waals surface area contributed by atoms with Gasteiger partial charge < -0.3 is 0 Å². The van der Waals surface area contributed by atoms with Crippen LogP contribution >= 0.6 is 11.6 Å². The van der Waals surface area contributed by atoms with Gasteiger partial charge in [-0.1, -0.05) is 41.9 Å². The highest BCUT2D eigenvalue weighted by molar-refractivity contribution is 7.95. The van der Waals surface area contributed by atoms with Gasteiger partial charge in [0.2, 0.25) is 0 Å². The van der Waals surface area contributed by atoms with Crippen LogP contribution in [0.4, 0.5) is 5.69 Å². The Morgan fingerprint density at radius 1 is 1.16 bits per heavy atom. The third kappa shape index (κ3) is 4.39. The van der Waals surface area contributed by atoms with Crippen LogP contribution in [0.5, 0.6) is 0 Å². The molecule has 0 bridgehead atoms. The van der Waals surface area contributed by atoms with E-state index in [2.05, 4.69) is 9.71 Å². The summed E-state index contributed by atoms with van der Waals surface area (Å²) in [6.45, 7) is 0. The Kier molecular flexibility index (Phi) is 4.19. The largest absolute Gasteiger partial charge is 0.280 e. The van der Waals surface area contributed by atoms with E-state index in [1.807, 2.05) is 30.3 Å². The van der Waals surface area contributed by atoms with Crippen molar-refractivity contribution in [2.45, 2.75) is 0 Å². The molecule has 98 valence electrons. The molecule has 0 amide bonds. The van der Waals surface area contributed by atoms with Crippen molar-refractivity contribution in [2.24, 2.45) is 0 Å². The Morgan fingerprint density at radius 3 is 2.58 bits per heavy atom. The lowest BCUT2D eigenvalue weighted by Gasteiger charge is -2.03. The molecule has 0 spiro atoms. The summed E-state index contributed by atoms with van der Waals surface area (Å²) in [6.07, 6.45) is 2.95. The molecule has 0 radical (unpaired) electrons. The van der Waals surface area contributed by atoms with Crippen molar-refractivity contribution in [3.05, 3.63) is 64.8 Å². The summed E-state index contributed by atoms with van der Waals surface area (Å²) in [5.41, 5.74) is 1.18. The number of anilines is 1. The molecule has 1 heterocycles. The molecule has 0 saturated heterocycles. The molecule has 0 saturated carbocycles. The van der Waals surface area contributed by atoms with Gasteiger partial charge in [0.1, 0.15) is 5.15 Å². The number of hydrogen-bond donors (Lipinski definition) is 1. The lowest BCUT2D eigenvalue weighted by Crippen LogP contribution is -2.08.